The van der Waals surface area contributed by atoms with Gasteiger partial charge >= 0.3 is 0 Å². The smallest absolute Gasteiger partial charge is 0.270 e. The fourth-order valence-corrected chi connectivity index (χ4v) is 3.99. The largest absolute Gasteiger partial charge is 0.375 e. The van der Waals surface area contributed by atoms with E-state index in [9.17, 15) is 4.79 Å². The Bertz CT molecular complexity index is 1500. The van der Waals surface area contributed by atoms with Crippen LogP contribution in [-0.2, 0) is 0 Å². The predicted octanol–water partition coefficient (Wildman–Crippen LogP) is 4.69. The number of aromatic nitrogens is 1. The summed E-state index contributed by atoms with van der Waals surface area (Å²) >= 11 is 4.79. The molecule has 0 saturated carbocycles. The van der Waals surface area contributed by atoms with Crippen LogP contribution in [0.1, 0.15) is 10.4 Å². The minimum absolute atomic E-state index is 0.00179. The molecular weight excluding hydrogens is 404 g/mol. The summed E-state index contributed by atoms with van der Waals surface area (Å²) in [5.41, 5.74) is 14.6. The van der Waals surface area contributed by atoms with Crippen molar-refractivity contribution < 1.29 is 4.79 Å². The minimum atomic E-state index is -0.320. The van der Waals surface area contributed by atoms with E-state index in [1.54, 1.807) is 6.07 Å². The Kier molecular flexibility index (Phi) is 4.69. The van der Waals surface area contributed by atoms with Crippen LogP contribution >= 0.6 is 12.2 Å². The van der Waals surface area contributed by atoms with Crippen molar-refractivity contribution >= 4 is 55.8 Å². The van der Waals surface area contributed by atoms with E-state index in [4.69, 9.17) is 22.9 Å². The zero-order valence-electron chi connectivity index (χ0n) is 16.4. The highest BCUT2D eigenvalue weighted by Crippen LogP contribution is 2.36. The van der Waals surface area contributed by atoms with Crippen LogP contribution in [0.15, 0.2) is 84.9 Å². The van der Waals surface area contributed by atoms with Crippen molar-refractivity contribution in [2.45, 2.75) is 0 Å². The summed E-state index contributed by atoms with van der Waals surface area (Å²) in [5, 5.41) is 4.21. The van der Waals surface area contributed by atoms with Gasteiger partial charge in [0.15, 0.2) is 5.11 Å². The predicted molar refractivity (Wildman–Crippen MR) is 130 cm³/mol. The summed E-state index contributed by atoms with van der Waals surface area (Å²) in [5.74, 6) is -0.320. The number of thiocarbonyl (C=S) groups is 1. The van der Waals surface area contributed by atoms with Gasteiger partial charge in [-0.05, 0) is 46.9 Å². The molecule has 0 radical (unpaired) electrons. The highest BCUT2D eigenvalue weighted by Gasteiger charge is 2.16. The van der Waals surface area contributed by atoms with Crippen LogP contribution in [0.25, 0.3) is 43.7 Å². The molecule has 1 heterocycles. The van der Waals surface area contributed by atoms with Crippen LogP contribution in [0.2, 0.25) is 0 Å². The maximum atomic E-state index is 12.8. The molecule has 0 atom stereocenters. The maximum Gasteiger partial charge on any atom is 0.270 e. The van der Waals surface area contributed by atoms with Gasteiger partial charge in [0.25, 0.3) is 5.91 Å². The Hall–Kier alpha value is -4.03. The molecule has 0 aliphatic carbocycles. The number of hydrogen-bond acceptors (Lipinski definition) is 3. The lowest BCUT2D eigenvalue weighted by molar-refractivity contribution is 0.0944. The zero-order valence-corrected chi connectivity index (χ0v) is 17.2. The second-order valence-electron chi connectivity index (χ2n) is 7.21. The highest BCUT2D eigenvalue weighted by atomic mass is 32.1. The van der Waals surface area contributed by atoms with Crippen molar-refractivity contribution in [2.75, 3.05) is 0 Å². The molecule has 0 fully saturated rings. The molecule has 1 amide bonds. The number of carbonyl (C=O) groups excluding carboxylic acids is 1. The van der Waals surface area contributed by atoms with Gasteiger partial charge in [-0.3, -0.25) is 15.6 Å². The van der Waals surface area contributed by atoms with Crippen molar-refractivity contribution in [2.24, 2.45) is 5.73 Å². The third-order valence-electron chi connectivity index (χ3n) is 5.29. The number of nitrogens with one attached hydrogen (secondary N) is 2. The average molecular weight is 423 g/mol. The Morgan fingerprint density at radius 3 is 2.35 bits per heavy atom. The first-order valence-corrected chi connectivity index (χ1v) is 10.2. The van der Waals surface area contributed by atoms with E-state index in [1.165, 1.54) is 0 Å². The number of nitrogens with two attached hydrogens (primary N) is 1. The van der Waals surface area contributed by atoms with E-state index in [0.717, 1.165) is 43.7 Å². The summed E-state index contributed by atoms with van der Waals surface area (Å²) in [6.07, 6.45) is 0. The van der Waals surface area contributed by atoms with Gasteiger partial charge < -0.3 is 5.73 Å². The lowest BCUT2D eigenvalue weighted by atomic mass is 9.92. The molecule has 5 aromatic rings. The molecule has 31 heavy (non-hydrogen) atoms. The molecule has 0 aliphatic heterocycles. The van der Waals surface area contributed by atoms with E-state index in [-0.39, 0.29) is 11.0 Å². The van der Waals surface area contributed by atoms with Gasteiger partial charge in [0.05, 0.1) is 11.0 Å². The van der Waals surface area contributed by atoms with Crippen molar-refractivity contribution in [3.8, 4) is 11.1 Å². The second-order valence-corrected chi connectivity index (χ2v) is 7.65. The molecule has 5 rings (SSSR count). The number of pyridine rings is 1. The summed E-state index contributed by atoms with van der Waals surface area (Å²) in [6, 6.07) is 27.9. The van der Waals surface area contributed by atoms with Crippen molar-refractivity contribution in [3.05, 3.63) is 90.5 Å². The van der Waals surface area contributed by atoms with Crippen molar-refractivity contribution in [3.63, 3.8) is 0 Å². The highest BCUT2D eigenvalue weighted by molar-refractivity contribution is 7.80. The van der Waals surface area contributed by atoms with Crippen LogP contribution in [0.4, 0.5) is 0 Å². The van der Waals surface area contributed by atoms with Gasteiger partial charge in [0.1, 0.15) is 0 Å². The fraction of sp³-hybridized carbons (Fsp3) is 0. The summed E-state index contributed by atoms with van der Waals surface area (Å²) in [6.45, 7) is 0. The van der Waals surface area contributed by atoms with Gasteiger partial charge in [-0.2, -0.15) is 0 Å². The third-order valence-corrected chi connectivity index (χ3v) is 5.39. The molecule has 5 nitrogen and oxygen atoms in total. The molecule has 0 unspecified atom stereocenters. The van der Waals surface area contributed by atoms with Gasteiger partial charge in [-0.1, -0.05) is 66.7 Å². The number of fused-ring (bicyclic) bond motifs is 4. The Morgan fingerprint density at radius 2 is 1.48 bits per heavy atom. The standard InChI is InChI=1S/C25H18N4OS/c26-25(31)29-28-24(30)20-9-3-2-8-18(20)19-10-5-7-15-12-13-17-14-16-6-1-4-11-21(16)27-23(17)22(15)19/h1-14H,(H,28,30)(H3,26,29,31). The second kappa shape index (κ2) is 7.66. The molecule has 0 saturated heterocycles. The lowest BCUT2D eigenvalue weighted by Crippen LogP contribution is -2.44. The first-order chi connectivity index (χ1) is 15.1. The minimum Gasteiger partial charge on any atom is -0.375 e. The molecule has 6 heteroatoms. The summed E-state index contributed by atoms with van der Waals surface area (Å²) < 4.78 is 0. The van der Waals surface area contributed by atoms with Crippen LogP contribution in [0, 0.1) is 0 Å². The molecule has 0 bridgehead atoms. The number of amides is 1. The number of hydrogen-bond donors (Lipinski definition) is 3. The molecule has 0 spiro atoms. The number of hydrazine groups is 1. The van der Waals surface area contributed by atoms with Gasteiger partial charge in [0, 0.05) is 21.7 Å². The molecule has 0 aliphatic rings. The summed E-state index contributed by atoms with van der Waals surface area (Å²) in [4.78, 5) is 17.8. The van der Waals surface area contributed by atoms with Crippen LogP contribution in [0.3, 0.4) is 0 Å². The van der Waals surface area contributed by atoms with E-state index >= 15 is 0 Å². The van der Waals surface area contributed by atoms with Gasteiger partial charge in [0.2, 0.25) is 0 Å². The topological polar surface area (TPSA) is 80.0 Å². The third kappa shape index (κ3) is 3.43. The van der Waals surface area contributed by atoms with Crippen LogP contribution < -0.4 is 16.6 Å². The van der Waals surface area contributed by atoms with E-state index in [2.05, 4.69) is 41.2 Å². The Balaban J connectivity index is 1.78. The Morgan fingerprint density at radius 1 is 0.774 bits per heavy atom. The summed E-state index contributed by atoms with van der Waals surface area (Å²) in [7, 11) is 0. The van der Waals surface area contributed by atoms with Crippen LogP contribution in [-0.4, -0.2) is 16.0 Å². The SMILES string of the molecule is NC(=S)NNC(=O)c1ccccc1-c1cccc2ccc3cc4ccccc4nc3c12. The van der Waals surface area contributed by atoms with E-state index in [1.807, 2.05) is 48.5 Å². The molecule has 150 valence electrons. The molecule has 4 N–H and O–H groups in total. The lowest BCUT2D eigenvalue weighted by Gasteiger charge is -2.14. The number of nitrogens with zero attached hydrogens (tertiary/aromatic N) is 1. The van der Waals surface area contributed by atoms with E-state index < -0.39 is 0 Å². The molecule has 1 aromatic heterocycles. The normalized spacial score (nSPS) is 11.0. The monoisotopic (exact) mass is 422 g/mol. The van der Waals surface area contributed by atoms with Gasteiger partial charge in [-0.25, -0.2) is 4.98 Å². The Labute approximate surface area is 183 Å². The van der Waals surface area contributed by atoms with Crippen molar-refractivity contribution in [1.29, 1.82) is 0 Å². The average Bonchev–Trinajstić information content (AvgIpc) is 2.80. The van der Waals surface area contributed by atoms with Gasteiger partial charge in [-0.15, -0.1) is 0 Å². The number of rotatable bonds is 2. The number of carbonyl (C=O) groups is 1. The maximum absolute atomic E-state index is 12.8. The zero-order chi connectivity index (χ0) is 21.4. The molecular formula is C25H18N4OS. The first kappa shape index (κ1) is 19.0. The van der Waals surface area contributed by atoms with E-state index in [0.29, 0.717) is 5.56 Å². The van der Waals surface area contributed by atoms with Crippen LogP contribution in [0.5, 0.6) is 0 Å². The molecule has 4 aromatic carbocycles. The fourth-order valence-electron chi connectivity index (χ4n) is 3.94. The number of para-hydroxylation sites is 1. The van der Waals surface area contributed by atoms with Crippen molar-refractivity contribution in [1.82, 2.24) is 15.8 Å². The number of benzene rings is 4. The first-order valence-electron chi connectivity index (χ1n) is 9.78. The quantitative estimate of drug-likeness (QED) is 0.167.